The standard InChI is InChI=1S/C22H31N5O5S2/c1-22(2,29)15-9-23-21(24-10-15)26-6-5-25(34(30,31)20-4-3-7-33-20)11-17(26)12-27-16-8-19(28)18(27)14-32-13-16/h3-4,7,9-10,16-19,28-29H,5-6,8,11-14H2,1-2H3/t16?,17-,18?,19?/m1/s1. The van der Waals surface area contributed by atoms with Gasteiger partial charge >= 0.3 is 0 Å². The molecule has 5 rings (SSSR count). The number of rotatable bonds is 6. The minimum absolute atomic E-state index is 0.0941. The van der Waals surface area contributed by atoms with Crippen LogP contribution in [-0.2, 0) is 20.4 Å². The molecule has 3 aliphatic rings. The van der Waals surface area contributed by atoms with Crippen LogP contribution >= 0.6 is 11.3 Å². The van der Waals surface area contributed by atoms with Gasteiger partial charge in [0.1, 0.15) is 4.21 Å². The number of hydrogen-bond donors (Lipinski definition) is 2. The highest BCUT2D eigenvalue weighted by Gasteiger charge is 2.46. The fourth-order valence-corrected chi connectivity index (χ4v) is 7.69. The average molecular weight is 510 g/mol. The number of nitrogens with zero attached hydrogens (tertiary/aromatic N) is 5. The Labute approximate surface area is 203 Å². The highest BCUT2D eigenvalue weighted by Crippen LogP contribution is 2.32. The number of aliphatic hydroxyl groups excluding tert-OH is 1. The summed E-state index contributed by atoms with van der Waals surface area (Å²) >= 11 is 1.22. The SMILES string of the molecule is CC(C)(O)c1cnc(N2CCN(S(=O)(=O)c3cccs3)C[C@@H]2CN2C3COCC2C(O)C3)nc1. The lowest BCUT2D eigenvalue weighted by atomic mass is 10.0. The van der Waals surface area contributed by atoms with E-state index in [0.29, 0.717) is 61.5 Å². The van der Waals surface area contributed by atoms with Crippen molar-refractivity contribution < 1.29 is 23.4 Å². The van der Waals surface area contributed by atoms with Crippen molar-refractivity contribution in [3.05, 3.63) is 35.5 Å². The molecule has 3 fully saturated rings. The van der Waals surface area contributed by atoms with Crippen LogP contribution in [0.4, 0.5) is 5.95 Å². The van der Waals surface area contributed by atoms with Crippen molar-refractivity contribution in [2.45, 2.75) is 54.3 Å². The van der Waals surface area contributed by atoms with Crippen LogP contribution in [0.5, 0.6) is 0 Å². The van der Waals surface area contributed by atoms with Crippen LogP contribution in [0.1, 0.15) is 25.8 Å². The van der Waals surface area contributed by atoms with Gasteiger partial charge in [-0.15, -0.1) is 11.3 Å². The van der Waals surface area contributed by atoms with Crippen LogP contribution in [-0.4, -0.2) is 101 Å². The van der Waals surface area contributed by atoms with Gasteiger partial charge in [0.05, 0.1) is 37.0 Å². The second-order valence-electron chi connectivity index (χ2n) is 9.73. The highest BCUT2D eigenvalue weighted by molar-refractivity contribution is 7.91. The van der Waals surface area contributed by atoms with E-state index in [-0.39, 0.29) is 18.1 Å². The molecule has 12 heteroatoms. The van der Waals surface area contributed by atoms with E-state index in [1.54, 1.807) is 48.1 Å². The molecule has 4 atom stereocenters. The van der Waals surface area contributed by atoms with Crippen LogP contribution in [0.25, 0.3) is 0 Å². The van der Waals surface area contributed by atoms with Crippen molar-refractivity contribution in [2.24, 2.45) is 0 Å². The Morgan fingerprint density at radius 2 is 2.00 bits per heavy atom. The summed E-state index contributed by atoms with van der Waals surface area (Å²) in [7, 11) is -3.59. The predicted molar refractivity (Wildman–Crippen MR) is 127 cm³/mol. The van der Waals surface area contributed by atoms with E-state index < -0.39 is 21.7 Å². The summed E-state index contributed by atoms with van der Waals surface area (Å²) in [5.41, 5.74) is -0.435. The monoisotopic (exact) mass is 509 g/mol. The number of aliphatic hydroxyl groups is 2. The molecule has 10 nitrogen and oxygen atoms in total. The molecule has 3 saturated heterocycles. The van der Waals surface area contributed by atoms with Crippen molar-refractivity contribution in [3.8, 4) is 0 Å². The summed E-state index contributed by atoms with van der Waals surface area (Å²) in [4.78, 5) is 13.3. The van der Waals surface area contributed by atoms with Gasteiger partial charge in [-0.05, 0) is 31.7 Å². The van der Waals surface area contributed by atoms with Gasteiger partial charge in [0, 0.05) is 50.2 Å². The molecule has 2 aromatic heterocycles. The van der Waals surface area contributed by atoms with Gasteiger partial charge in [-0.2, -0.15) is 4.31 Å². The molecule has 5 heterocycles. The second-order valence-corrected chi connectivity index (χ2v) is 12.8. The highest BCUT2D eigenvalue weighted by atomic mass is 32.2. The summed E-state index contributed by atoms with van der Waals surface area (Å²) in [6.45, 7) is 6.04. The van der Waals surface area contributed by atoms with Crippen molar-refractivity contribution in [1.82, 2.24) is 19.2 Å². The minimum atomic E-state index is -3.59. The summed E-state index contributed by atoms with van der Waals surface area (Å²) in [6.07, 6.45) is 3.45. The number of piperazine rings is 1. The molecule has 0 spiro atoms. The smallest absolute Gasteiger partial charge is 0.252 e. The van der Waals surface area contributed by atoms with Gasteiger partial charge in [-0.3, -0.25) is 4.90 Å². The third-order valence-electron chi connectivity index (χ3n) is 7.01. The van der Waals surface area contributed by atoms with Crippen LogP contribution in [0.3, 0.4) is 0 Å². The van der Waals surface area contributed by atoms with E-state index in [0.717, 1.165) is 0 Å². The molecule has 2 bridgehead atoms. The molecule has 0 saturated carbocycles. The van der Waals surface area contributed by atoms with Gasteiger partial charge in [0.2, 0.25) is 5.95 Å². The normalized spacial score (nSPS) is 29.0. The lowest BCUT2D eigenvalue weighted by molar-refractivity contribution is -0.0345. The van der Waals surface area contributed by atoms with Crippen molar-refractivity contribution in [2.75, 3.05) is 44.3 Å². The van der Waals surface area contributed by atoms with Gasteiger partial charge in [-0.25, -0.2) is 18.4 Å². The van der Waals surface area contributed by atoms with Gasteiger partial charge < -0.3 is 19.8 Å². The Balaban J connectivity index is 1.42. The molecule has 0 aromatic carbocycles. The van der Waals surface area contributed by atoms with Crippen molar-refractivity contribution in [3.63, 3.8) is 0 Å². The Kier molecular flexibility index (Phi) is 6.42. The molecule has 0 aliphatic carbocycles. The van der Waals surface area contributed by atoms with E-state index in [1.165, 1.54) is 11.3 Å². The van der Waals surface area contributed by atoms with Crippen LogP contribution < -0.4 is 4.90 Å². The zero-order chi connectivity index (χ0) is 24.1. The van der Waals surface area contributed by atoms with E-state index in [2.05, 4.69) is 19.8 Å². The fourth-order valence-electron chi connectivity index (χ4n) is 5.07. The Morgan fingerprint density at radius 3 is 2.65 bits per heavy atom. The van der Waals surface area contributed by atoms with Crippen LogP contribution in [0.15, 0.2) is 34.1 Å². The topological polar surface area (TPSA) is 119 Å². The maximum absolute atomic E-state index is 13.3. The average Bonchev–Trinajstić information content (AvgIpc) is 3.39. The largest absolute Gasteiger partial charge is 0.391 e. The predicted octanol–water partition coefficient (Wildman–Crippen LogP) is 0.479. The summed E-state index contributed by atoms with van der Waals surface area (Å²) in [5.74, 6) is 0.507. The first-order valence-corrected chi connectivity index (χ1v) is 13.8. The number of anilines is 1. The number of fused-ring (bicyclic) bond motifs is 2. The fraction of sp³-hybridized carbons (Fsp3) is 0.636. The number of hydrogen-bond acceptors (Lipinski definition) is 10. The molecule has 34 heavy (non-hydrogen) atoms. The summed E-state index contributed by atoms with van der Waals surface area (Å²) in [6, 6.07) is 3.20. The Bertz CT molecular complexity index is 1090. The van der Waals surface area contributed by atoms with Crippen LogP contribution in [0, 0.1) is 0 Å². The lowest BCUT2D eigenvalue weighted by Gasteiger charge is -2.45. The van der Waals surface area contributed by atoms with E-state index in [4.69, 9.17) is 4.74 Å². The van der Waals surface area contributed by atoms with Gasteiger partial charge in [0.25, 0.3) is 10.0 Å². The summed E-state index contributed by atoms with van der Waals surface area (Å²) < 4.78 is 34.1. The molecule has 3 unspecified atom stereocenters. The third-order valence-corrected chi connectivity index (χ3v) is 10.2. The van der Waals surface area contributed by atoms with Crippen LogP contribution in [0.2, 0.25) is 0 Å². The number of ether oxygens (including phenoxy) is 1. The number of aromatic nitrogens is 2. The van der Waals surface area contributed by atoms with Crippen molar-refractivity contribution >= 4 is 27.3 Å². The molecule has 186 valence electrons. The number of thiophene rings is 1. The Hall–Kier alpha value is -1.67. The maximum atomic E-state index is 13.3. The molecule has 3 aliphatic heterocycles. The molecule has 0 radical (unpaired) electrons. The quantitative estimate of drug-likeness (QED) is 0.573. The number of morpholine rings is 1. The maximum Gasteiger partial charge on any atom is 0.252 e. The molecule has 0 amide bonds. The first kappa shape index (κ1) is 24.0. The minimum Gasteiger partial charge on any atom is -0.391 e. The lowest BCUT2D eigenvalue weighted by Crippen LogP contribution is -2.61. The van der Waals surface area contributed by atoms with E-state index >= 15 is 0 Å². The Morgan fingerprint density at radius 1 is 1.24 bits per heavy atom. The first-order chi connectivity index (χ1) is 16.1. The van der Waals surface area contributed by atoms with Gasteiger partial charge in [0.15, 0.2) is 0 Å². The van der Waals surface area contributed by atoms with E-state index in [1.807, 2.05) is 0 Å². The molecule has 2 N–H and O–H groups in total. The molecular formula is C22H31N5O5S2. The zero-order valence-corrected chi connectivity index (χ0v) is 21.0. The van der Waals surface area contributed by atoms with Crippen molar-refractivity contribution in [1.29, 1.82) is 0 Å². The number of sulfonamides is 1. The zero-order valence-electron chi connectivity index (χ0n) is 19.3. The molecule has 2 aromatic rings. The third kappa shape index (κ3) is 4.48. The summed E-state index contributed by atoms with van der Waals surface area (Å²) in [5, 5.41) is 22.5. The molecular weight excluding hydrogens is 478 g/mol. The van der Waals surface area contributed by atoms with Gasteiger partial charge in [-0.1, -0.05) is 6.07 Å². The van der Waals surface area contributed by atoms with E-state index in [9.17, 15) is 18.6 Å². The second kappa shape index (κ2) is 9.08. The first-order valence-electron chi connectivity index (χ1n) is 11.5.